The van der Waals surface area contributed by atoms with Gasteiger partial charge >= 0.3 is 5.97 Å². The van der Waals surface area contributed by atoms with Crippen LogP contribution in [0.15, 0.2) is 65.7 Å². The fourth-order valence-corrected chi connectivity index (χ4v) is 5.13. The number of benzene rings is 2. The largest absolute Gasteiger partial charge is 0.477 e. The summed E-state index contributed by atoms with van der Waals surface area (Å²) < 4.78 is 29.0. The van der Waals surface area contributed by atoms with E-state index in [-0.39, 0.29) is 16.3 Å². The quantitative estimate of drug-likeness (QED) is 0.450. The van der Waals surface area contributed by atoms with Crippen LogP contribution in [0.4, 0.5) is 0 Å². The van der Waals surface area contributed by atoms with E-state index >= 15 is 0 Å². The molecule has 33 heavy (non-hydrogen) atoms. The molecule has 0 aliphatic heterocycles. The minimum atomic E-state index is -3.83. The van der Waals surface area contributed by atoms with Gasteiger partial charge in [-0.1, -0.05) is 29.8 Å². The van der Waals surface area contributed by atoms with Crippen molar-refractivity contribution in [2.45, 2.75) is 24.8 Å². The fourth-order valence-electron chi connectivity index (χ4n) is 3.78. The number of rotatable bonds is 6. The number of hydrogen-bond donors (Lipinski definition) is 2. The Balaban J connectivity index is 1.84. The highest BCUT2D eigenvalue weighted by Crippen LogP contribution is 2.30. The van der Waals surface area contributed by atoms with Crippen molar-refractivity contribution in [3.05, 3.63) is 83.3 Å². The molecule has 0 saturated heterocycles. The molecule has 0 radical (unpaired) electrons. The second-order valence-electron chi connectivity index (χ2n) is 7.63. The normalized spacial score (nSPS) is 12.6. The first-order valence-electron chi connectivity index (χ1n) is 10.1. The molecule has 0 aliphatic rings. The fraction of sp³-hybridized carbons (Fsp3) is 0.174. The van der Waals surface area contributed by atoms with Gasteiger partial charge in [0.25, 0.3) is 15.9 Å². The van der Waals surface area contributed by atoms with Crippen LogP contribution in [0.3, 0.4) is 0 Å². The maximum atomic E-state index is 13.2. The third-order valence-electron chi connectivity index (χ3n) is 5.54. The Morgan fingerprint density at radius 2 is 1.79 bits per heavy atom. The molecule has 2 aromatic carbocycles. The topological polar surface area (TPSA) is 123 Å². The molecule has 0 saturated carbocycles. The number of aryl methyl sites for hydroxylation is 1. The van der Waals surface area contributed by atoms with E-state index in [2.05, 4.69) is 10.4 Å². The average Bonchev–Trinajstić information content (AvgIpc) is 3.43. The highest BCUT2D eigenvalue weighted by Gasteiger charge is 2.25. The molecular formula is C23H22N4O5S. The summed E-state index contributed by atoms with van der Waals surface area (Å²) in [7, 11) is -2.40. The van der Waals surface area contributed by atoms with E-state index in [1.807, 2.05) is 6.92 Å². The van der Waals surface area contributed by atoms with Gasteiger partial charge in [-0.05, 0) is 43.7 Å². The number of aromatic carboxylic acids is 1. The Morgan fingerprint density at radius 1 is 1.09 bits per heavy atom. The van der Waals surface area contributed by atoms with Crippen LogP contribution < -0.4 is 5.32 Å². The molecule has 2 N–H and O–H groups in total. The monoisotopic (exact) mass is 466 g/mol. The van der Waals surface area contributed by atoms with Gasteiger partial charge in [0, 0.05) is 24.7 Å². The first-order valence-corrected chi connectivity index (χ1v) is 11.6. The summed E-state index contributed by atoms with van der Waals surface area (Å²) in [6, 6.07) is 14.1. The van der Waals surface area contributed by atoms with Gasteiger partial charge < -0.3 is 10.4 Å². The van der Waals surface area contributed by atoms with Crippen LogP contribution in [0, 0.1) is 6.92 Å². The molecule has 170 valence electrons. The molecule has 0 spiro atoms. The zero-order valence-corrected chi connectivity index (χ0v) is 19.0. The number of carboxylic acid groups (broad SMARTS) is 1. The van der Waals surface area contributed by atoms with Crippen LogP contribution >= 0.6 is 0 Å². The molecule has 1 unspecified atom stereocenters. The zero-order chi connectivity index (χ0) is 23.9. The SMILES string of the molecule is CNC(=O)c1cc(C(=O)O)n(C(C)c2cccc3c2ccn3S(=O)(=O)c2ccc(C)cc2)n1. The lowest BCUT2D eigenvalue weighted by Crippen LogP contribution is -2.19. The van der Waals surface area contributed by atoms with Crippen molar-refractivity contribution in [1.29, 1.82) is 0 Å². The van der Waals surface area contributed by atoms with Crippen LogP contribution in [0.1, 0.15) is 45.1 Å². The van der Waals surface area contributed by atoms with Crippen molar-refractivity contribution in [2.75, 3.05) is 7.05 Å². The van der Waals surface area contributed by atoms with E-state index in [0.717, 1.165) is 5.56 Å². The third-order valence-corrected chi connectivity index (χ3v) is 7.24. The lowest BCUT2D eigenvalue weighted by molar-refractivity contribution is 0.0681. The van der Waals surface area contributed by atoms with Crippen molar-refractivity contribution < 1.29 is 23.1 Å². The Morgan fingerprint density at radius 3 is 2.42 bits per heavy atom. The van der Waals surface area contributed by atoms with E-state index in [9.17, 15) is 23.1 Å². The highest BCUT2D eigenvalue weighted by molar-refractivity contribution is 7.90. The van der Waals surface area contributed by atoms with E-state index in [1.165, 1.54) is 28.0 Å². The van der Waals surface area contributed by atoms with Gasteiger partial charge in [-0.2, -0.15) is 5.10 Å². The standard InChI is InChI=1S/C23H22N4O5S/c1-14-7-9-16(10-8-14)33(31,32)26-12-11-18-17(5-4-6-20(18)26)15(2)27-21(23(29)30)13-19(25-27)22(28)24-3/h4-13,15H,1-3H3,(H,24,28)(H,29,30). The van der Waals surface area contributed by atoms with E-state index in [4.69, 9.17) is 0 Å². The van der Waals surface area contributed by atoms with Gasteiger partial charge in [-0.3, -0.25) is 9.48 Å². The van der Waals surface area contributed by atoms with E-state index in [1.54, 1.807) is 55.5 Å². The molecule has 10 heteroatoms. The van der Waals surface area contributed by atoms with Crippen LogP contribution in [-0.2, 0) is 10.0 Å². The Hall–Kier alpha value is -3.92. The van der Waals surface area contributed by atoms with Gasteiger partial charge in [0.2, 0.25) is 0 Å². The number of nitrogens with one attached hydrogen (secondary N) is 1. The smallest absolute Gasteiger partial charge is 0.354 e. The second kappa shape index (κ2) is 8.21. The minimum Gasteiger partial charge on any atom is -0.477 e. The van der Waals surface area contributed by atoms with Crippen molar-refractivity contribution in [3.63, 3.8) is 0 Å². The summed E-state index contributed by atoms with van der Waals surface area (Å²) in [6.07, 6.45) is 1.48. The number of nitrogens with zero attached hydrogens (tertiary/aromatic N) is 3. The number of amides is 1. The zero-order valence-electron chi connectivity index (χ0n) is 18.2. The molecule has 4 rings (SSSR count). The number of hydrogen-bond acceptors (Lipinski definition) is 5. The molecule has 4 aromatic rings. The Kier molecular flexibility index (Phi) is 5.54. The van der Waals surface area contributed by atoms with Crippen molar-refractivity contribution in [3.8, 4) is 0 Å². The molecule has 1 amide bonds. The summed E-state index contributed by atoms with van der Waals surface area (Å²) in [4.78, 5) is 23.9. The molecule has 0 bridgehead atoms. The number of fused-ring (bicyclic) bond motifs is 1. The maximum absolute atomic E-state index is 13.2. The van der Waals surface area contributed by atoms with Gasteiger partial charge in [-0.15, -0.1) is 0 Å². The number of aromatic nitrogens is 3. The number of carbonyl (C=O) groups is 2. The van der Waals surface area contributed by atoms with Gasteiger partial charge in [0.05, 0.1) is 16.5 Å². The molecule has 0 aliphatic carbocycles. The first-order chi connectivity index (χ1) is 15.6. The van der Waals surface area contributed by atoms with Crippen LogP contribution in [-0.4, -0.2) is 46.2 Å². The van der Waals surface area contributed by atoms with Crippen LogP contribution in [0.5, 0.6) is 0 Å². The predicted octanol–water partition coefficient (Wildman–Crippen LogP) is 3.05. The predicted molar refractivity (Wildman–Crippen MR) is 122 cm³/mol. The molecule has 1 atom stereocenters. The summed E-state index contributed by atoms with van der Waals surface area (Å²) in [5.74, 6) is -1.73. The molecule has 2 heterocycles. The number of carboxylic acids is 1. The van der Waals surface area contributed by atoms with Gasteiger partial charge in [0.1, 0.15) is 5.69 Å². The summed E-state index contributed by atoms with van der Waals surface area (Å²) in [5, 5.41) is 16.9. The molecule has 0 fully saturated rings. The first kappa shape index (κ1) is 22.3. The molecular weight excluding hydrogens is 444 g/mol. The van der Waals surface area contributed by atoms with Crippen LogP contribution in [0.25, 0.3) is 10.9 Å². The summed E-state index contributed by atoms with van der Waals surface area (Å²) in [5.41, 5.74) is 1.90. The second-order valence-corrected chi connectivity index (χ2v) is 9.44. The highest BCUT2D eigenvalue weighted by atomic mass is 32.2. The van der Waals surface area contributed by atoms with E-state index < -0.39 is 27.9 Å². The summed E-state index contributed by atoms with van der Waals surface area (Å²) >= 11 is 0. The maximum Gasteiger partial charge on any atom is 0.354 e. The van der Waals surface area contributed by atoms with Crippen molar-refractivity contribution >= 4 is 32.8 Å². The molecule has 2 aromatic heterocycles. The lowest BCUT2D eigenvalue weighted by Gasteiger charge is -2.16. The van der Waals surface area contributed by atoms with E-state index in [0.29, 0.717) is 16.5 Å². The van der Waals surface area contributed by atoms with Gasteiger partial charge in [0.15, 0.2) is 5.69 Å². The average molecular weight is 467 g/mol. The third kappa shape index (κ3) is 3.78. The van der Waals surface area contributed by atoms with Crippen LogP contribution in [0.2, 0.25) is 0 Å². The number of carbonyl (C=O) groups excluding carboxylic acids is 1. The Labute approximate surface area is 190 Å². The van der Waals surface area contributed by atoms with Crippen molar-refractivity contribution in [1.82, 2.24) is 19.1 Å². The Bertz CT molecular complexity index is 1480. The van der Waals surface area contributed by atoms with Gasteiger partial charge in [-0.25, -0.2) is 17.2 Å². The van der Waals surface area contributed by atoms with Crippen molar-refractivity contribution in [2.24, 2.45) is 0 Å². The summed E-state index contributed by atoms with van der Waals surface area (Å²) in [6.45, 7) is 3.62. The lowest BCUT2D eigenvalue weighted by atomic mass is 10.0. The minimum absolute atomic E-state index is 0.0200. The molecule has 9 nitrogen and oxygen atoms in total.